The fourth-order valence-corrected chi connectivity index (χ4v) is 0.901. The van der Waals surface area contributed by atoms with Crippen molar-refractivity contribution >= 4 is 29.4 Å². The quantitative estimate of drug-likeness (QED) is 0.320. The van der Waals surface area contributed by atoms with E-state index in [0.29, 0.717) is 5.56 Å². The second-order valence-corrected chi connectivity index (χ2v) is 2.50. The zero-order valence-corrected chi connectivity index (χ0v) is 7.67. The predicted molar refractivity (Wildman–Crippen MR) is 46.7 cm³/mol. The second-order valence-electron chi connectivity index (χ2n) is 1.80. The summed E-state index contributed by atoms with van der Waals surface area (Å²) >= 11 is 11.2. The summed E-state index contributed by atoms with van der Waals surface area (Å²) in [5.74, 6) is 0. The van der Waals surface area contributed by atoms with Crippen molar-refractivity contribution in [1.29, 1.82) is 0 Å². The topological polar surface area (TPSA) is 47.4 Å². The molecule has 0 atom stereocenters. The molecule has 0 radical (unpaired) electrons. The molecule has 0 aliphatic carbocycles. The zero-order chi connectivity index (χ0) is 8.97. The van der Waals surface area contributed by atoms with Gasteiger partial charge in [0.15, 0.2) is 0 Å². The average molecular weight is 206 g/mol. The number of hydrogen-bond donors (Lipinski definition) is 0. The van der Waals surface area contributed by atoms with E-state index in [1.54, 1.807) is 0 Å². The van der Waals surface area contributed by atoms with Gasteiger partial charge in [0.2, 0.25) is 5.28 Å². The lowest BCUT2D eigenvalue weighted by molar-refractivity contribution is 0.215. The Morgan fingerprint density at radius 1 is 1.58 bits per heavy atom. The van der Waals surface area contributed by atoms with E-state index >= 15 is 0 Å². The van der Waals surface area contributed by atoms with Gasteiger partial charge in [0, 0.05) is 6.20 Å². The number of oxime groups is 1. The average Bonchev–Trinajstić information content (AvgIpc) is 2.03. The molecule has 1 heterocycles. The Morgan fingerprint density at radius 2 is 2.33 bits per heavy atom. The molecule has 0 spiro atoms. The third kappa shape index (κ3) is 2.32. The molecule has 0 saturated heterocycles. The van der Waals surface area contributed by atoms with Crippen LogP contribution in [0.15, 0.2) is 11.4 Å². The zero-order valence-electron chi connectivity index (χ0n) is 6.16. The summed E-state index contributed by atoms with van der Waals surface area (Å²) in [5, 5.41) is 3.85. The molecule has 0 unspecified atom stereocenters. The van der Waals surface area contributed by atoms with Crippen molar-refractivity contribution in [3.63, 3.8) is 0 Å². The van der Waals surface area contributed by atoms with Crippen LogP contribution in [-0.4, -0.2) is 23.3 Å². The van der Waals surface area contributed by atoms with Crippen LogP contribution in [-0.2, 0) is 4.84 Å². The molecule has 0 amide bonds. The van der Waals surface area contributed by atoms with E-state index in [9.17, 15) is 0 Å². The first-order valence-electron chi connectivity index (χ1n) is 2.98. The van der Waals surface area contributed by atoms with E-state index in [0.717, 1.165) is 0 Å². The molecule has 1 rings (SSSR count). The van der Waals surface area contributed by atoms with Crippen molar-refractivity contribution in [2.24, 2.45) is 5.16 Å². The molecule has 0 saturated carbocycles. The van der Waals surface area contributed by atoms with Crippen LogP contribution in [0.3, 0.4) is 0 Å². The highest BCUT2D eigenvalue weighted by Gasteiger charge is 2.00. The van der Waals surface area contributed by atoms with Crippen LogP contribution in [0.2, 0.25) is 10.4 Å². The minimum atomic E-state index is 0.106. The Bertz CT molecular complexity index is 303. The number of nitrogens with zero attached hydrogens (tertiary/aromatic N) is 3. The maximum Gasteiger partial charge on any atom is 0.223 e. The highest BCUT2D eigenvalue weighted by Crippen LogP contribution is 2.11. The third-order valence-electron chi connectivity index (χ3n) is 1.04. The number of hydrogen-bond acceptors (Lipinski definition) is 4. The van der Waals surface area contributed by atoms with E-state index in [1.165, 1.54) is 19.5 Å². The van der Waals surface area contributed by atoms with Gasteiger partial charge in [-0.2, -0.15) is 0 Å². The highest BCUT2D eigenvalue weighted by atomic mass is 35.5. The van der Waals surface area contributed by atoms with Crippen LogP contribution >= 0.6 is 23.2 Å². The fourth-order valence-electron chi connectivity index (χ4n) is 0.547. The van der Waals surface area contributed by atoms with E-state index in [-0.39, 0.29) is 10.4 Å². The summed E-state index contributed by atoms with van der Waals surface area (Å²) < 4.78 is 0. The molecule has 0 fully saturated rings. The van der Waals surface area contributed by atoms with Gasteiger partial charge in [-0.3, -0.25) is 0 Å². The smallest absolute Gasteiger partial charge is 0.223 e. The van der Waals surface area contributed by atoms with Crippen LogP contribution in [0.1, 0.15) is 5.56 Å². The van der Waals surface area contributed by atoms with Gasteiger partial charge >= 0.3 is 0 Å². The molecule has 1 aromatic heterocycles. The van der Waals surface area contributed by atoms with E-state index in [4.69, 9.17) is 23.2 Å². The predicted octanol–water partition coefficient (Wildman–Crippen LogP) is 1.76. The lowest BCUT2D eigenvalue weighted by Crippen LogP contribution is -1.90. The lowest BCUT2D eigenvalue weighted by atomic mass is 10.4. The van der Waals surface area contributed by atoms with Gasteiger partial charge in [0.05, 0.1) is 11.8 Å². The van der Waals surface area contributed by atoms with Gasteiger partial charge in [0.1, 0.15) is 12.3 Å². The summed E-state index contributed by atoms with van der Waals surface area (Å²) in [5.41, 5.74) is 0.558. The van der Waals surface area contributed by atoms with E-state index in [1.807, 2.05) is 0 Å². The van der Waals surface area contributed by atoms with Crippen molar-refractivity contribution in [2.45, 2.75) is 0 Å². The summed E-state index contributed by atoms with van der Waals surface area (Å²) in [6, 6.07) is 0. The first-order chi connectivity index (χ1) is 5.74. The van der Waals surface area contributed by atoms with Crippen LogP contribution < -0.4 is 0 Å². The SMILES string of the molecule is CO/N=C/c1cnc(Cl)nc1Cl. The molecule has 0 aromatic carbocycles. The second kappa shape index (κ2) is 4.23. The first-order valence-corrected chi connectivity index (χ1v) is 3.74. The van der Waals surface area contributed by atoms with Crippen molar-refractivity contribution in [3.8, 4) is 0 Å². The number of halogens is 2. The van der Waals surface area contributed by atoms with Gasteiger partial charge in [-0.05, 0) is 11.6 Å². The number of aromatic nitrogens is 2. The summed E-state index contributed by atoms with van der Waals surface area (Å²) in [6.45, 7) is 0. The Balaban J connectivity index is 2.94. The molecular weight excluding hydrogens is 201 g/mol. The Morgan fingerprint density at radius 3 is 2.92 bits per heavy atom. The normalized spacial score (nSPS) is 10.6. The largest absolute Gasteiger partial charge is 0.399 e. The Kier molecular flexibility index (Phi) is 3.25. The van der Waals surface area contributed by atoms with E-state index in [2.05, 4.69) is 20.0 Å². The third-order valence-corrected chi connectivity index (χ3v) is 1.52. The van der Waals surface area contributed by atoms with Crippen LogP contribution in [0.4, 0.5) is 0 Å². The standard InChI is InChI=1S/C6H5Cl2N3O/c1-12-10-3-4-2-9-6(8)11-5(4)7/h2-3H,1H3/b10-3+. The minimum Gasteiger partial charge on any atom is -0.399 e. The monoisotopic (exact) mass is 205 g/mol. The molecule has 12 heavy (non-hydrogen) atoms. The van der Waals surface area contributed by atoms with Crippen molar-refractivity contribution < 1.29 is 4.84 Å². The number of rotatable bonds is 2. The van der Waals surface area contributed by atoms with Gasteiger partial charge < -0.3 is 4.84 Å². The molecule has 64 valence electrons. The maximum atomic E-state index is 5.68. The molecule has 0 aliphatic heterocycles. The fraction of sp³-hybridized carbons (Fsp3) is 0.167. The molecule has 6 heteroatoms. The summed E-state index contributed by atoms with van der Waals surface area (Å²) in [4.78, 5) is 11.9. The highest BCUT2D eigenvalue weighted by molar-refractivity contribution is 6.33. The molecule has 0 bridgehead atoms. The first kappa shape index (κ1) is 9.22. The van der Waals surface area contributed by atoms with Gasteiger partial charge in [0.25, 0.3) is 0 Å². The summed E-state index contributed by atoms with van der Waals surface area (Å²) in [7, 11) is 1.43. The minimum absolute atomic E-state index is 0.106. The maximum absolute atomic E-state index is 5.68. The molecule has 0 N–H and O–H groups in total. The van der Waals surface area contributed by atoms with Gasteiger partial charge in [-0.15, -0.1) is 0 Å². The van der Waals surface area contributed by atoms with Crippen molar-refractivity contribution in [2.75, 3.05) is 7.11 Å². The lowest BCUT2D eigenvalue weighted by Gasteiger charge is -1.94. The van der Waals surface area contributed by atoms with Gasteiger partial charge in [-0.25, -0.2) is 9.97 Å². The molecule has 4 nitrogen and oxygen atoms in total. The molecular formula is C6H5Cl2N3O. The van der Waals surface area contributed by atoms with Crippen LogP contribution in [0.5, 0.6) is 0 Å². The van der Waals surface area contributed by atoms with Crippen LogP contribution in [0.25, 0.3) is 0 Å². The molecule has 0 aliphatic rings. The Labute approximate surface area is 79.2 Å². The van der Waals surface area contributed by atoms with Gasteiger partial charge in [-0.1, -0.05) is 16.8 Å². The van der Waals surface area contributed by atoms with Crippen molar-refractivity contribution in [3.05, 3.63) is 22.2 Å². The van der Waals surface area contributed by atoms with Crippen LogP contribution in [0, 0.1) is 0 Å². The summed E-state index contributed by atoms with van der Waals surface area (Å²) in [6.07, 6.45) is 2.86. The Hall–Kier alpha value is -0.870. The molecule has 1 aromatic rings. The van der Waals surface area contributed by atoms with Crippen molar-refractivity contribution in [1.82, 2.24) is 9.97 Å². The van der Waals surface area contributed by atoms with E-state index < -0.39 is 0 Å².